The summed E-state index contributed by atoms with van der Waals surface area (Å²) in [6.45, 7) is 2.14. The van der Waals surface area contributed by atoms with E-state index in [1.165, 1.54) is 60.1 Å². The van der Waals surface area contributed by atoms with Gasteiger partial charge in [-0.15, -0.1) is 0 Å². The first-order chi connectivity index (χ1) is 14.7. The lowest BCUT2D eigenvalue weighted by molar-refractivity contribution is 1.26. The fourth-order valence-electron chi connectivity index (χ4n) is 4.76. The Morgan fingerprint density at radius 1 is 0.633 bits per heavy atom. The molecule has 0 amide bonds. The van der Waals surface area contributed by atoms with Crippen LogP contribution in [-0.2, 0) is 6.42 Å². The second-order valence-electron chi connectivity index (χ2n) is 8.36. The number of benzene rings is 5. The molecule has 142 valence electrons. The molecule has 0 saturated heterocycles. The molecule has 0 bridgehead atoms. The van der Waals surface area contributed by atoms with Crippen LogP contribution < -0.4 is 0 Å². The molecule has 0 radical (unpaired) electrons. The van der Waals surface area contributed by atoms with Crippen LogP contribution in [0.5, 0.6) is 0 Å². The van der Waals surface area contributed by atoms with Crippen LogP contribution in [0.4, 0.5) is 0 Å². The molecule has 30 heavy (non-hydrogen) atoms. The lowest BCUT2D eigenvalue weighted by Crippen LogP contribution is -1.86. The Labute approximate surface area is 176 Å². The van der Waals surface area contributed by atoms with Gasteiger partial charge in [-0.05, 0) is 80.1 Å². The minimum atomic E-state index is 1.00. The Morgan fingerprint density at radius 3 is 2.33 bits per heavy atom. The predicted octanol–water partition coefficient (Wildman–Crippen LogP) is 8.11. The first-order valence-electron chi connectivity index (χ1n) is 10.6. The van der Waals surface area contributed by atoms with Gasteiger partial charge in [0.1, 0.15) is 0 Å². The average molecular weight is 383 g/mol. The molecule has 5 aromatic carbocycles. The van der Waals surface area contributed by atoms with Crippen LogP contribution in [0.3, 0.4) is 0 Å². The maximum atomic E-state index is 2.37. The summed E-state index contributed by atoms with van der Waals surface area (Å²) < 4.78 is 0. The summed E-state index contributed by atoms with van der Waals surface area (Å²) in [7, 11) is 0. The smallest absolute Gasteiger partial charge is 0.00194 e. The van der Waals surface area contributed by atoms with Crippen molar-refractivity contribution < 1.29 is 0 Å². The van der Waals surface area contributed by atoms with Gasteiger partial charge in [0.2, 0.25) is 0 Å². The van der Waals surface area contributed by atoms with Crippen LogP contribution in [0.1, 0.15) is 22.3 Å². The van der Waals surface area contributed by atoms with E-state index in [0.29, 0.717) is 0 Å². The third-order valence-electron chi connectivity index (χ3n) is 6.27. The summed E-state index contributed by atoms with van der Waals surface area (Å²) in [6.07, 6.45) is 7.88. The molecule has 0 heteroatoms. The van der Waals surface area contributed by atoms with Gasteiger partial charge >= 0.3 is 0 Å². The molecule has 1 aliphatic carbocycles. The zero-order valence-electron chi connectivity index (χ0n) is 17.0. The molecule has 0 fully saturated rings. The summed E-state index contributed by atoms with van der Waals surface area (Å²) in [5, 5.41) is 7.95. The molecule has 0 atom stereocenters. The maximum Gasteiger partial charge on any atom is -0.00194 e. The summed E-state index contributed by atoms with van der Waals surface area (Å²) in [6, 6.07) is 31.1. The zero-order chi connectivity index (χ0) is 20.1. The third kappa shape index (κ3) is 2.84. The molecule has 1 aliphatic rings. The first kappa shape index (κ1) is 17.2. The second kappa shape index (κ2) is 6.71. The highest BCUT2D eigenvalue weighted by Gasteiger charge is 2.15. The highest BCUT2D eigenvalue weighted by molar-refractivity contribution is 6.14. The van der Waals surface area contributed by atoms with Crippen LogP contribution in [0.15, 0.2) is 96.6 Å². The van der Waals surface area contributed by atoms with Crippen molar-refractivity contribution in [2.45, 2.75) is 13.3 Å². The van der Waals surface area contributed by atoms with E-state index in [1.54, 1.807) is 0 Å². The van der Waals surface area contributed by atoms with E-state index in [2.05, 4.69) is 110 Å². The van der Waals surface area contributed by atoms with Crippen LogP contribution in [0.2, 0.25) is 0 Å². The van der Waals surface area contributed by atoms with Gasteiger partial charge in [0, 0.05) is 0 Å². The Morgan fingerprint density at radius 2 is 1.47 bits per heavy atom. The standard InChI is InChI=1S/C30H22/c1-20-5-4-6-21(15-20)9-10-22-16-25-11-13-28-27(29(25)17-22)14-12-26-18-23-7-2-3-8-24(23)19-30(26)28/h2-15,17-19H,16H2,1H3/b10-9+. The molecule has 0 aromatic heterocycles. The number of fused-ring (bicyclic) bond motifs is 6. The van der Waals surface area contributed by atoms with Crippen molar-refractivity contribution in [3.8, 4) is 0 Å². The minimum Gasteiger partial charge on any atom is -0.0616 e. The van der Waals surface area contributed by atoms with Crippen LogP contribution in [0.25, 0.3) is 44.5 Å². The summed E-state index contributed by atoms with van der Waals surface area (Å²) in [4.78, 5) is 0. The number of aryl methyl sites for hydroxylation is 1. The van der Waals surface area contributed by atoms with Crippen molar-refractivity contribution >= 4 is 44.5 Å². The lowest BCUT2D eigenvalue weighted by Gasteiger charge is -2.09. The zero-order valence-corrected chi connectivity index (χ0v) is 17.0. The minimum absolute atomic E-state index is 1.00. The number of rotatable bonds is 2. The molecule has 0 saturated carbocycles. The Bertz CT molecular complexity index is 1510. The fourth-order valence-corrected chi connectivity index (χ4v) is 4.76. The SMILES string of the molecule is Cc1cccc(/C=C/C2=Cc3c(ccc4c3ccc3cc5ccccc5cc34)C2)c1. The third-order valence-corrected chi connectivity index (χ3v) is 6.27. The van der Waals surface area contributed by atoms with Crippen molar-refractivity contribution in [2.75, 3.05) is 0 Å². The van der Waals surface area contributed by atoms with Crippen LogP contribution in [0, 0.1) is 6.92 Å². The highest BCUT2D eigenvalue weighted by atomic mass is 14.2. The maximum absolute atomic E-state index is 2.37. The van der Waals surface area contributed by atoms with Gasteiger partial charge in [-0.2, -0.15) is 0 Å². The van der Waals surface area contributed by atoms with Gasteiger partial charge in [-0.3, -0.25) is 0 Å². The van der Waals surface area contributed by atoms with Crippen molar-refractivity contribution in [1.82, 2.24) is 0 Å². The van der Waals surface area contributed by atoms with E-state index in [4.69, 9.17) is 0 Å². The molecular formula is C30H22. The molecule has 0 heterocycles. The molecule has 0 aliphatic heterocycles. The van der Waals surface area contributed by atoms with E-state index in [-0.39, 0.29) is 0 Å². The molecule has 0 unspecified atom stereocenters. The molecule has 5 aromatic rings. The van der Waals surface area contributed by atoms with E-state index in [1.807, 2.05) is 0 Å². The number of hydrogen-bond donors (Lipinski definition) is 0. The van der Waals surface area contributed by atoms with E-state index >= 15 is 0 Å². The first-order valence-corrected chi connectivity index (χ1v) is 10.6. The normalized spacial score (nSPS) is 13.4. The van der Waals surface area contributed by atoms with Gasteiger partial charge < -0.3 is 0 Å². The quantitative estimate of drug-likeness (QED) is 0.214. The molecule has 0 N–H and O–H groups in total. The summed E-state index contributed by atoms with van der Waals surface area (Å²) in [5.41, 5.74) is 6.73. The topological polar surface area (TPSA) is 0 Å². The van der Waals surface area contributed by atoms with Crippen molar-refractivity contribution in [3.63, 3.8) is 0 Å². The monoisotopic (exact) mass is 382 g/mol. The number of allylic oxidation sites excluding steroid dienone is 2. The highest BCUT2D eigenvalue weighted by Crippen LogP contribution is 2.36. The number of hydrogen-bond acceptors (Lipinski definition) is 0. The molecule has 0 nitrogen and oxygen atoms in total. The largest absolute Gasteiger partial charge is 0.0616 e. The van der Waals surface area contributed by atoms with E-state index in [9.17, 15) is 0 Å². The van der Waals surface area contributed by atoms with Crippen molar-refractivity contribution in [3.05, 3.63) is 119 Å². The fraction of sp³-hybridized carbons (Fsp3) is 0.0667. The Kier molecular flexibility index (Phi) is 3.86. The summed E-state index contributed by atoms with van der Waals surface area (Å²) >= 11 is 0. The van der Waals surface area contributed by atoms with Gasteiger partial charge in [0.15, 0.2) is 0 Å². The predicted molar refractivity (Wildman–Crippen MR) is 131 cm³/mol. The molecule has 0 spiro atoms. The van der Waals surface area contributed by atoms with Gasteiger partial charge in [-0.25, -0.2) is 0 Å². The van der Waals surface area contributed by atoms with Crippen molar-refractivity contribution in [2.24, 2.45) is 0 Å². The van der Waals surface area contributed by atoms with E-state index < -0.39 is 0 Å². The van der Waals surface area contributed by atoms with Gasteiger partial charge in [-0.1, -0.05) is 96.6 Å². The van der Waals surface area contributed by atoms with Gasteiger partial charge in [0.05, 0.1) is 0 Å². The van der Waals surface area contributed by atoms with Gasteiger partial charge in [0.25, 0.3) is 0 Å². The van der Waals surface area contributed by atoms with Crippen LogP contribution in [-0.4, -0.2) is 0 Å². The lowest BCUT2D eigenvalue weighted by atomic mass is 9.94. The van der Waals surface area contributed by atoms with Crippen LogP contribution >= 0.6 is 0 Å². The Balaban J connectivity index is 1.47. The second-order valence-corrected chi connectivity index (χ2v) is 8.36. The summed E-state index contributed by atoms with van der Waals surface area (Å²) in [5.74, 6) is 0. The van der Waals surface area contributed by atoms with Crippen molar-refractivity contribution in [1.29, 1.82) is 0 Å². The van der Waals surface area contributed by atoms with E-state index in [0.717, 1.165) is 6.42 Å². The molecular weight excluding hydrogens is 360 g/mol. The molecule has 6 rings (SSSR count). The average Bonchev–Trinajstić information content (AvgIpc) is 3.20. The Hall–Kier alpha value is -3.64.